The van der Waals surface area contributed by atoms with Gasteiger partial charge in [0.05, 0.1) is 36.8 Å². The van der Waals surface area contributed by atoms with Crippen molar-refractivity contribution in [3.05, 3.63) is 52.2 Å². The van der Waals surface area contributed by atoms with Gasteiger partial charge >= 0.3 is 6.01 Å². The van der Waals surface area contributed by atoms with Gasteiger partial charge in [0.15, 0.2) is 11.6 Å². The van der Waals surface area contributed by atoms with Crippen LogP contribution in [0.5, 0.6) is 6.01 Å². The van der Waals surface area contributed by atoms with Crippen molar-refractivity contribution in [1.29, 1.82) is 5.26 Å². The Balaban J connectivity index is 1.55. The van der Waals surface area contributed by atoms with E-state index in [1.165, 1.54) is 24.1 Å². The van der Waals surface area contributed by atoms with Crippen LogP contribution in [0.4, 0.5) is 20.3 Å². The first kappa shape index (κ1) is 25.9. The molecular weight excluding hydrogens is 518 g/mol. The fourth-order valence-electron chi connectivity index (χ4n) is 5.80. The fraction of sp³-hybridized carbons (Fsp3) is 0.423. The summed E-state index contributed by atoms with van der Waals surface area (Å²) in [5.74, 6) is -2.40. The molecule has 2 aliphatic heterocycles. The number of halogens is 3. The number of ether oxygens (including phenoxy) is 1. The molecule has 2 amide bonds. The molecular formula is C26H25ClF2N6O3. The van der Waals surface area contributed by atoms with Crippen LogP contribution >= 0.6 is 11.6 Å². The molecule has 1 saturated heterocycles. The Morgan fingerprint density at radius 2 is 2.18 bits per heavy atom. The summed E-state index contributed by atoms with van der Waals surface area (Å²) in [6, 6.07) is 4.14. The lowest BCUT2D eigenvalue weighted by atomic mass is 9.65. The Labute approximate surface area is 223 Å². The first-order chi connectivity index (χ1) is 18.2. The summed E-state index contributed by atoms with van der Waals surface area (Å²) in [4.78, 5) is 38.2. The highest BCUT2D eigenvalue weighted by Gasteiger charge is 2.49. The van der Waals surface area contributed by atoms with Crippen LogP contribution < -0.4 is 15.0 Å². The molecule has 1 aromatic carbocycles. The number of hydrogen-bond donors (Lipinski definition) is 1. The number of amides is 2. The predicted octanol–water partition coefficient (Wildman–Crippen LogP) is 3.46. The number of nitriles is 1. The highest BCUT2D eigenvalue weighted by atomic mass is 35.5. The smallest absolute Gasteiger partial charge is 0.318 e. The molecule has 9 nitrogen and oxygen atoms in total. The minimum Gasteiger partial charge on any atom is -0.467 e. The van der Waals surface area contributed by atoms with Crippen LogP contribution in [0.3, 0.4) is 0 Å². The van der Waals surface area contributed by atoms with Gasteiger partial charge in [-0.05, 0) is 42.5 Å². The maximum atomic E-state index is 14.4. The summed E-state index contributed by atoms with van der Waals surface area (Å²) in [5, 5.41) is 12.6. The quantitative estimate of drug-likeness (QED) is 0.589. The highest BCUT2D eigenvalue weighted by molar-refractivity contribution is 6.31. The van der Waals surface area contributed by atoms with E-state index in [4.69, 9.17) is 16.3 Å². The number of fused-ring (bicyclic) bond motifs is 3. The van der Waals surface area contributed by atoms with Crippen molar-refractivity contribution in [2.24, 2.45) is 0 Å². The van der Waals surface area contributed by atoms with Gasteiger partial charge in [0.25, 0.3) is 5.91 Å². The van der Waals surface area contributed by atoms with Crippen LogP contribution in [-0.2, 0) is 27.8 Å². The number of carbonyl (C=O) groups is 2. The van der Waals surface area contributed by atoms with E-state index in [2.05, 4.69) is 21.9 Å². The second-order valence-corrected chi connectivity index (χ2v) is 10.1. The largest absolute Gasteiger partial charge is 0.467 e. The number of carbonyl (C=O) groups excluding carboxylic acids is 2. The molecule has 1 spiro atoms. The van der Waals surface area contributed by atoms with Crippen LogP contribution in [0, 0.1) is 17.1 Å². The Kier molecular flexibility index (Phi) is 6.69. The summed E-state index contributed by atoms with van der Waals surface area (Å²) < 4.78 is 33.4. The average Bonchev–Trinajstić information content (AvgIpc) is 2.89. The van der Waals surface area contributed by atoms with Gasteiger partial charge < -0.3 is 19.9 Å². The maximum absolute atomic E-state index is 14.4. The molecule has 2 unspecified atom stereocenters. The van der Waals surface area contributed by atoms with E-state index < -0.39 is 29.0 Å². The number of nitrogens with zero attached hydrogens (tertiary/aromatic N) is 5. The van der Waals surface area contributed by atoms with Crippen molar-refractivity contribution >= 4 is 34.9 Å². The highest BCUT2D eigenvalue weighted by Crippen LogP contribution is 2.48. The summed E-state index contributed by atoms with van der Waals surface area (Å²) in [6.07, 6.45) is 1.99. The molecule has 1 aliphatic carbocycles. The van der Waals surface area contributed by atoms with E-state index in [-0.39, 0.29) is 44.4 Å². The number of anilines is 2. The Morgan fingerprint density at radius 1 is 1.39 bits per heavy atom. The zero-order chi connectivity index (χ0) is 27.2. The molecule has 1 fully saturated rings. The summed E-state index contributed by atoms with van der Waals surface area (Å²) in [6.45, 7) is 3.64. The number of hydrogen-bond acceptors (Lipinski definition) is 7. The minimum absolute atomic E-state index is 0.0293. The van der Waals surface area contributed by atoms with Gasteiger partial charge in [-0.25, -0.2) is 8.78 Å². The van der Waals surface area contributed by atoms with Gasteiger partial charge in [-0.15, -0.1) is 0 Å². The Bertz CT molecular complexity index is 1400. The lowest BCUT2D eigenvalue weighted by Crippen LogP contribution is -2.56. The van der Waals surface area contributed by atoms with Gasteiger partial charge in [-0.2, -0.15) is 15.2 Å². The summed E-state index contributed by atoms with van der Waals surface area (Å²) in [5.41, 5.74) is 1.17. The molecule has 1 aromatic heterocycles. The zero-order valence-corrected chi connectivity index (χ0v) is 21.4. The molecule has 198 valence electrons. The van der Waals surface area contributed by atoms with E-state index in [9.17, 15) is 23.6 Å². The number of piperazine rings is 1. The first-order valence-corrected chi connectivity index (χ1v) is 12.6. The maximum Gasteiger partial charge on any atom is 0.318 e. The molecule has 1 N–H and O–H groups in total. The predicted molar refractivity (Wildman–Crippen MR) is 135 cm³/mol. The van der Waals surface area contributed by atoms with Crippen LogP contribution in [0.25, 0.3) is 0 Å². The van der Waals surface area contributed by atoms with E-state index in [1.807, 2.05) is 11.0 Å². The molecule has 0 saturated carbocycles. The van der Waals surface area contributed by atoms with E-state index >= 15 is 0 Å². The molecule has 5 rings (SSSR count). The molecule has 2 atom stereocenters. The van der Waals surface area contributed by atoms with Crippen LogP contribution in [-0.4, -0.2) is 59.5 Å². The van der Waals surface area contributed by atoms with Crippen molar-refractivity contribution in [2.45, 2.75) is 43.6 Å². The second-order valence-electron chi connectivity index (χ2n) is 9.70. The molecule has 0 radical (unpaired) electrons. The van der Waals surface area contributed by atoms with Crippen molar-refractivity contribution < 1.29 is 23.1 Å². The minimum atomic E-state index is -1.09. The molecule has 0 bridgehead atoms. The van der Waals surface area contributed by atoms with E-state index in [0.29, 0.717) is 47.0 Å². The van der Waals surface area contributed by atoms with Gasteiger partial charge in [0, 0.05) is 31.1 Å². The lowest BCUT2D eigenvalue weighted by Gasteiger charge is -2.44. The summed E-state index contributed by atoms with van der Waals surface area (Å²) >= 11 is 6.36. The molecule has 12 heteroatoms. The van der Waals surface area contributed by atoms with Gasteiger partial charge in [-0.3, -0.25) is 9.59 Å². The number of benzene rings is 1. The van der Waals surface area contributed by atoms with Crippen LogP contribution in [0.1, 0.15) is 36.1 Å². The monoisotopic (exact) mass is 542 g/mol. The van der Waals surface area contributed by atoms with Crippen LogP contribution in [0.15, 0.2) is 24.5 Å². The Morgan fingerprint density at radius 3 is 2.89 bits per heavy atom. The van der Waals surface area contributed by atoms with Crippen LogP contribution in [0.2, 0.25) is 5.02 Å². The van der Waals surface area contributed by atoms with E-state index in [1.54, 1.807) is 0 Å². The Hall–Kier alpha value is -3.78. The van der Waals surface area contributed by atoms with Crippen molar-refractivity contribution in [3.63, 3.8) is 0 Å². The average molecular weight is 543 g/mol. The molecule has 2 aromatic rings. The topological polar surface area (TPSA) is 111 Å². The zero-order valence-electron chi connectivity index (χ0n) is 20.7. The molecule has 38 heavy (non-hydrogen) atoms. The third-order valence-corrected chi connectivity index (χ3v) is 7.91. The lowest BCUT2D eigenvalue weighted by molar-refractivity contribution is -0.131. The standard InChI is InChI=1S/C26H25ClF2N6O3/c1-14(28)23(36)35-9-8-34(13-16(35)5-7-30)22-21-20(31-25(33-22)38-2)12-26(24(37)32-21)6-3-4-17-18(26)10-15(29)11-19(17)27/h10-11,16H,1,3-6,8-9,12-13H2,2H3,(H,32,37). The summed E-state index contributed by atoms with van der Waals surface area (Å²) in [7, 11) is 1.43. The normalized spacial score (nSPS) is 22.3. The van der Waals surface area contributed by atoms with Crippen molar-refractivity contribution in [1.82, 2.24) is 14.9 Å². The third kappa shape index (κ3) is 4.22. The van der Waals surface area contributed by atoms with Gasteiger partial charge in [-0.1, -0.05) is 18.2 Å². The molecule has 3 heterocycles. The van der Waals surface area contributed by atoms with Crippen molar-refractivity contribution in [3.8, 4) is 12.1 Å². The fourth-order valence-corrected chi connectivity index (χ4v) is 6.10. The SMILES string of the molecule is C=C(F)C(=O)N1CCN(c2nc(OC)nc3c2NC(=O)C2(CCCc4c(Cl)cc(F)cc42)C3)CC1CC#N. The first-order valence-electron chi connectivity index (χ1n) is 12.2. The van der Waals surface area contributed by atoms with Crippen molar-refractivity contribution in [2.75, 3.05) is 37.0 Å². The number of aromatic nitrogens is 2. The number of methoxy groups -OCH3 is 1. The van der Waals surface area contributed by atoms with Gasteiger partial charge in [0.2, 0.25) is 5.91 Å². The number of nitrogens with one attached hydrogen (secondary N) is 1. The number of rotatable bonds is 4. The molecule has 3 aliphatic rings. The van der Waals surface area contributed by atoms with E-state index in [0.717, 1.165) is 5.56 Å². The second kappa shape index (κ2) is 9.83. The third-order valence-electron chi connectivity index (χ3n) is 7.58. The van der Waals surface area contributed by atoms with Gasteiger partial charge in [0.1, 0.15) is 11.5 Å².